The lowest BCUT2D eigenvalue weighted by atomic mass is 10.3. The molecule has 4 heteroatoms. The van der Waals surface area contributed by atoms with Crippen molar-refractivity contribution in [3.05, 3.63) is 60.7 Å². The Balaban J connectivity index is 1.84. The second-order valence-corrected chi connectivity index (χ2v) is 10.2. The van der Waals surface area contributed by atoms with E-state index in [0.717, 1.165) is 12.8 Å². The van der Waals surface area contributed by atoms with E-state index in [1.165, 1.54) is 10.4 Å². The number of hydrogen-bond donors (Lipinski definition) is 0. The number of benzene rings is 2. The molecule has 0 saturated heterocycles. The molecule has 0 spiro atoms. The Morgan fingerprint density at radius 1 is 0.762 bits per heavy atom. The van der Waals surface area contributed by atoms with Crippen molar-refractivity contribution < 1.29 is 4.43 Å². The molecule has 0 radical (unpaired) electrons. The molecule has 1 saturated carbocycles. The fourth-order valence-electron chi connectivity index (χ4n) is 2.80. The molecule has 2 aromatic rings. The smallest absolute Gasteiger partial charge is 0.240 e. The van der Waals surface area contributed by atoms with E-state index in [0.29, 0.717) is 15.8 Å². The fraction of sp³-hybridized carbons (Fsp3) is 0.294. The quantitative estimate of drug-likeness (QED) is 0.539. The standard InChI is InChI=1S/C17H18Br2OSi/c18-16-11-13(12-17(16)19)20-21(14-7-3-1-4-8-14)15-9-5-2-6-10-15/h1-10,13,16-17,21H,11-12H2. The predicted molar refractivity (Wildman–Crippen MR) is 98.8 cm³/mol. The Morgan fingerprint density at radius 2 is 1.19 bits per heavy atom. The molecule has 21 heavy (non-hydrogen) atoms. The van der Waals surface area contributed by atoms with Gasteiger partial charge in [0.25, 0.3) is 0 Å². The molecule has 1 aliphatic carbocycles. The molecule has 1 nitrogen and oxygen atoms in total. The third-order valence-electron chi connectivity index (χ3n) is 3.90. The Kier molecular flexibility index (Phi) is 5.32. The molecule has 0 N–H and O–H groups in total. The van der Waals surface area contributed by atoms with E-state index in [9.17, 15) is 0 Å². The van der Waals surface area contributed by atoms with Gasteiger partial charge < -0.3 is 4.43 Å². The van der Waals surface area contributed by atoms with Crippen molar-refractivity contribution in [1.82, 2.24) is 0 Å². The molecular formula is C17H18Br2OSi. The topological polar surface area (TPSA) is 9.23 Å². The molecule has 2 aromatic carbocycles. The van der Waals surface area contributed by atoms with E-state index in [1.807, 2.05) is 0 Å². The summed E-state index contributed by atoms with van der Waals surface area (Å²) in [4.78, 5) is 1.03. The van der Waals surface area contributed by atoms with Crippen LogP contribution in [0.15, 0.2) is 60.7 Å². The molecule has 3 rings (SSSR count). The highest BCUT2D eigenvalue weighted by atomic mass is 79.9. The summed E-state index contributed by atoms with van der Waals surface area (Å²) in [6, 6.07) is 21.4. The van der Waals surface area contributed by atoms with E-state index >= 15 is 0 Å². The Hall–Kier alpha value is -0.423. The Bertz CT molecular complexity index is 514. The van der Waals surface area contributed by atoms with Gasteiger partial charge in [0.05, 0.1) is 0 Å². The minimum absolute atomic E-state index is 0.343. The van der Waals surface area contributed by atoms with Crippen LogP contribution in [0, 0.1) is 0 Å². The van der Waals surface area contributed by atoms with Crippen molar-refractivity contribution in [2.24, 2.45) is 0 Å². The summed E-state index contributed by atoms with van der Waals surface area (Å²) in [6.45, 7) is 0. The van der Waals surface area contributed by atoms with Crippen LogP contribution in [0.5, 0.6) is 0 Å². The predicted octanol–water partition coefficient (Wildman–Crippen LogP) is 3.23. The van der Waals surface area contributed by atoms with Crippen LogP contribution in [0.25, 0.3) is 0 Å². The first-order chi connectivity index (χ1) is 10.2. The van der Waals surface area contributed by atoms with Crippen molar-refractivity contribution in [1.29, 1.82) is 0 Å². The number of rotatable bonds is 4. The molecule has 2 unspecified atom stereocenters. The zero-order valence-corrected chi connectivity index (χ0v) is 16.0. The van der Waals surface area contributed by atoms with Gasteiger partial charge in [0.1, 0.15) is 0 Å². The third-order valence-corrected chi connectivity index (χ3v) is 9.27. The summed E-state index contributed by atoms with van der Waals surface area (Å²) in [5, 5.41) is 2.71. The van der Waals surface area contributed by atoms with Gasteiger partial charge in [0, 0.05) is 15.8 Å². The molecule has 0 aliphatic heterocycles. The van der Waals surface area contributed by atoms with Gasteiger partial charge in [-0.3, -0.25) is 0 Å². The highest BCUT2D eigenvalue weighted by Crippen LogP contribution is 2.33. The average molecular weight is 426 g/mol. The Labute approximate surface area is 144 Å². The molecule has 0 bridgehead atoms. The zero-order chi connectivity index (χ0) is 14.7. The van der Waals surface area contributed by atoms with Gasteiger partial charge in [0.15, 0.2) is 0 Å². The summed E-state index contributed by atoms with van der Waals surface area (Å²) in [7, 11) is -1.60. The third kappa shape index (κ3) is 3.86. The maximum atomic E-state index is 6.60. The van der Waals surface area contributed by atoms with E-state index in [2.05, 4.69) is 92.5 Å². The highest BCUT2D eigenvalue weighted by molar-refractivity contribution is 9.12. The number of halogens is 2. The fourth-order valence-corrected chi connectivity index (χ4v) is 6.52. The average Bonchev–Trinajstić information content (AvgIpc) is 2.85. The molecule has 1 aliphatic rings. The van der Waals surface area contributed by atoms with E-state index in [1.54, 1.807) is 0 Å². The SMILES string of the molecule is BrC1CC(O[SiH](c2ccccc2)c2ccccc2)CC1Br. The van der Waals surface area contributed by atoms with Crippen LogP contribution in [-0.2, 0) is 4.43 Å². The summed E-state index contributed by atoms with van der Waals surface area (Å²) in [5.41, 5.74) is 0. The lowest BCUT2D eigenvalue weighted by molar-refractivity contribution is 0.220. The molecular weight excluding hydrogens is 408 g/mol. The summed E-state index contributed by atoms with van der Waals surface area (Å²) < 4.78 is 6.60. The van der Waals surface area contributed by atoms with Crippen LogP contribution >= 0.6 is 31.9 Å². The summed E-state index contributed by atoms with van der Waals surface area (Å²) in [5.74, 6) is 0. The van der Waals surface area contributed by atoms with Gasteiger partial charge >= 0.3 is 0 Å². The zero-order valence-electron chi connectivity index (χ0n) is 11.7. The highest BCUT2D eigenvalue weighted by Gasteiger charge is 2.33. The van der Waals surface area contributed by atoms with Crippen LogP contribution in [0.1, 0.15) is 12.8 Å². The largest absolute Gasteiger partial charge is 0.408 e. The van der Waals surface area contributed by atoms with Crippen LogP contribution in [0.4, 0.5) is 0 Å². The molecule has 0 heterocycles. The number of alkyl halides is 2. The lowest BCUT2D eigenvalue weighted by Crippen LogP contribution is -2.46. The van der Waals surface area contributed by atoms with Gasteiger partial charge in [-0.05, 0) is 23.2 Å². The second kappa shape index (κ2) is 7.23. The monoisotopic (exact) mass is 424 g/mol. The molecule has 0 amide bonds. The van der Waals surface area contributed by atoms with E-state index in [4.69, 9.17) is 4.43 Å². The molecule has 1 fully saturated rings. The van der Waals surface area contributed by atoms with Crippen molar-refractivity contribution >= 4 is 51.3 Å². The van der Waals surface area contributed by atoms with Crippen molar-refractivity contribution in [2.75, 3.05) is 0 Å². The minimum Gasteiger partial charge on any atom is -0.408 e. The summed E-state index contributed by atoms with van der Waals surface area (Å²) in [6.07, 6.45) is 2.51. The molecule has 110 valence electrons. The normalized spacial score (nSPS) is 25.4. The van der Waals surface area contributed by atoms with Crippen LogP contribution < -0.4 is 10.4 Å². The number of hydrogen-bond acceptors (Lipinski definition) is 1. The first kappa shape index (κ1) is 15.5. The first-order valence-electron chi connectivity index (χ1n) is 7.27. The van der Waals surface area contributed by atoms with Crippen LogP contribution in [-0.4, -0.2) is 24.8 Å². The van der Waals surface area contributed by atoms with Crippen molar-refractivity contribution in [3.8, 4) is 0 Å². The first-order valence-corrected chi connectivity index (χ1v) is 10.7. The summed E-state index contributed by atoms with van der Waals surface area (Å²) >= 11 is 7.47. The van der Waals surface area contributed by atoms with Gasteiger partial charge in [-0.2, -0.15) is 0 Å². The minimum atomic E-state index is -1.60. The van der Waals surface area contributed by atoms with Crippen LogP contribution in [0.2, 0.25) is 0 Å². The maximum absolute atomic E-state index is 6.60. The second-order valence-electron chi connectivity index (χ2n) is 5.46. The van der Waals surface area contributed by atoms with Gasteiger partial charge in [0.2, 0.25) is 9.04 Å². The maximum Gasteiger partial charge on any atom is 0.240 e. The van der Waals surface area contributed by atoms with Gasteiger partial charge in [-0.15, -0.1) is 0 Å². The van der Waals surface area contributed by atoms with Gasteiger partial charge in [-0.25, -0.2) is 0 Å². The van der Waals surface area contributed by atoms with Crippen molar-refractivity contribution in [2.45, 2.75) is 28.6 Å². The molecule has 2 atom stereocenters. The van der Waals surface area contributed by atoms with Gasteiger partial charge in [-0.1, -0.05) is 92.5 Å². The van der Waals surface area contributed by atoms with E-state index < -0.39 is 9.04 Å². The van der Waals surface area contributed by atoms with Crippen LogP contribution in [0.3, 0.4) is 0 Å². The van der Waals surface area contributed by atoms with E-state index in [-0.39, 0.29) is 0 Å². The Morgan fingerprint density at radius 3 is 1.62 bits per heavy atom. The van der Waals surface area contributed by atoms with Crippen molar-refractivity contribution in [3.63, 3.8) is 0 Å². The lowest BCUT2D eigenvalue weighted by Gasteiger charge is -2.22. The molecule has 0 aromatic heterocycles.